The zero-order chi connectivity index (χ0) is 25.7. The summed E-state index contributed by atoms with van der Waals surface area (Å²) in [5.74, 6) is -1.96. The van der Waals surface area contributed by atoms with Crippen molar-refractivity contribution in [1.29, 1.82) is 0 Å². The van der Waals surface area contributed by atoms with Gasteiger partial charge >= 0.3 is 0 Å². The zero-order valence-electron chi connectivity index (χ0n) is 20.6. The van der Waals surface area contributed by atoms with Crippen LogP contribution in [0.4, 0.5) is 20.3 Å². The van der Waals surface area contributed by atoms with Crippen molar-refractivity contribution in [3.63, 3.8) is 0 Å². The van der Waals surface area contributed by atoms with E-state index in [0.29, 0.717) is 41.5 Å². The van der Waals surface area contributed by atoms with E-state index in [1.165, 1.54) is 31.6 Å². The Kier molecular flexibility index (Phi) is 9.37. The van der Waals surface area contributed by atoms with Crippen LogP contribution in [0.1, 0.15) is 35.2 Å². The molecule has 0 unspecified atom stereocenters. The average Bonchev–Trinajstić information content (AvgIpc) is 3.30. The maximum atomic E-state index is 14.7. The summed E-state index contributed by atoms with van der Waals surface area (Å²) in [6.45, 7) is 3.11. The number of carbonyl (C=O) groups excluding carboxylic acids is 1. The van der Waals surface area contributed by atoms with Gasteiger partial charge in [-0.1, -0.05) is 6.42 Å². The van der Waals surface area contributed by atoms with Crippen molar-refractivity contribution in [3.8, 4) is 17.0 Å². The molecule has 0 spiro atoms. The molecule has 37 heavy (non-hydrogen) atoms. The lowest BCUT2D eigenvalue weighted by Gasteiger charge is -2.12. The highest BCUT2D eigenvalue weighted by Crippen LogP contribution is 2.31. The third kappa shape index (κ3) is 5.98. The number of unbranched alkanes of at least 4 members (excludes halogenated alkanes) is 2. The normalized spacial score (nSPS) is 10.7. The SMILES string of the molecule is COc1ccc(-c2cnc3c(Nc4ccc(C(=O)NCCCCCN)c(C)c4)nccn23)c(F)c1F.Cl. The first-order valence-corrected chi connectivity index (χ1v) is 11.6. The van der Waals surface area contributed by atoms with Crippen LogP contribution in [0, 0.1) is 18.6 Å². The number of benzene rings is 2. The lowest BCUT2D eigenvalue weighted by molar-refractivity contribution is 0.0952. The predicted octanol–water partition coefficient (Wildman–Crippen LogP) is 5.02. The number of nitrogens with one attached hydrogen (secondary N) is 2. The molecule has 2 aromatic carbocycles. The number of fused-ring (bicyclic) bond motifs is 1. The highest BCUT2D eigenvalue weighted by Gasteiger charge is 2.19. The van der Waals surface area contributed by atoms with Crippen LogP contribution >= 0.6 is 12.4 Å². The van der Waals surface area contributed by atoms with Gasteiger partial charge in [0.25, 0.3) is 5.91 Å². The minimum atomic E-state index is -1.06. The average molecular weight is 531 g/mol. The smallest absolute Gasteiger partial charge is 0.251 e. The molecule has 0 saturated heterocycles. The molecule has 0 bridgehead atoms. The van der Waals surface area contributed by atoms with E-state index < -0.39 is 11.6 Å². The third-order valence-corrected chi connectivity index (χ3v) is 5.87. The Hall–Kier alpha value is -3.76. The minimum absolute atomic E-state index is 0. The fourth-order valence-electron chi connectivity index (χ4n) is 3.97. The van der Waals surface area contributed by atoms with Crippen LogP contribution in [0.5, 0.6) is 5.75 Å². The molecule has 2 aromatic heterocycles. The lowest BCUT2D eigenvalue weighted by Crippen LogP contribution is -2.25. The summed E-state index contributed by atoms with van der Waals surface area (Å²) >= 11 is 0. The third-order valence-electron chi connectivity index (χ3n) is 5.87. The van der Waals surface area contributed by atoms with Gasteiger partial charge in [-0.3, -0.25) is 9.20 Å². The van der Waals surface area contributed by atoms with E-state index in [-0.39, 0.29) is 29.6 Å². The highest BCUT2D eigenvalue weighted by atomic mass is 35.5. The summed E-state index contributed by atoms with van der Waals surface area (Å²) in [5.41, 5.74) is 8.43. The molecule has 11 heteroatoms. The van der Waals surface area contributed by atoms with E-state index in [9.17, 15) is 13.6 Å². The van der Waals surface area contributed by atoms with E-state index >= 15 is 0 Å². The number of carbonyl (C=O) groups is 1. The Balaban J connectivity index is 0.00000380. The van der Waals surface area contributed by atoms with E-state index in [1.807, 2.05) is 13.0 Å². The molecule has 0 atom stereocenters. The van der Waals surface area contributed by atoms with Gasteiger partial charge in [-0.05, 0) is 62.2 Å². The van der Waals surface area contributed by atoms with Gasteiger partial charge in [0.2, 0.25) is 5.82 Å². The second-order valence-corrected chi connectivity index (χ2v) is 8.32. The summed E-state index contributed by atoms with van der Waals surface area (Å²) in [5, 5.41) is 6.14. The Labute approximate surface area is 219 Å². The molecule has 0 saturated carbocycles. The van der Waals surface area contributed by atoms with Gasteiger partial charge in [-0.15, -0.1) is 12.4 Å². The van der Waals surface area contributed by atoms with E-state index in [2.05, 4.69) is 20.6 Å². The van der Waals surface area contributed by atoms with E-state index in [1.54, 1.807) is 22.7 Å². The number of methoxy groups -OCH3 is 1. The fraction of sp³-hybridized carbons (Fsp3) is 0.269. The molecular formula is C26H29ClF2N6O2. The van der Waals surface area contributed by atoms with Gasteiger partial charge in [0.1, 0.15) is 0 Å². The van der Waals surface area contributed by atoms with Crippen molar-refractivity contribution < 1.29 is 18.3 Å². The number of amides is 1. The topological polar surface area (TPSA) is 107 Å². The molecule has 0 fully saturated rings. The van der Waals surface area contributed by atoms with Crippen LogP contribution < -0.4 is 21.1 Å². The summed E-state index contributed by atoms with van der Waals surface area (Å²) < 4.78 is 35.5. The predicted molar refractivity (Wildman–Crippen MR) is 142 cm³/mol. The maximum absolute atomic E-state index is 14.7. The first-order chi connectivity index (χ1) is 17.4. The van der Waals surface area contributed by atoms with Gasteiger partial charge in [0.15, 0.2) is 23.0 Å². The quantitative estimate of drug-likeness (QED) is 0.249. The number of rotatable bonds is 10. The number of nitrogens with zero attached hydrogens (tertiary/aromatic N) is 3. The largest absolute Gasteiger partial charge is 0.494 e. The maximum Gasteiger partial charge on any atom is 0.251 e. The molecule has 0 aliphatic heterocycles. The van der Waals surface area contributed by atoms with Crippen LogP contribution in [0.25, 0.3) is 16.9 Å². The van der Waals surface area contributed by atoms with Crippen molar-refractivity contribution >= 4 is 35.5 Å². The van der Waals surface area contributed by atoms with Gasteiger partial charge < -0.3 is 21.1 Å². The Morgan fingerprint density at radius 2 is 1.92 bits per heavy atom. The van der Waals surface area contributed by atoms with Crippen molar-refractivity contribution in [3.05, 3.63) is 71.7 Å². The van der Waals surface area contributed by atoms with Crippen LogP contribution in [-0.2, 0) is 0 Å². The number of hydrogen-bond acceptors (Lipinski definition) is 6. The van der Waals surface area contributed by atoms with Gasteiger partial charge in [-0.25, -0.2) is 14.4 Å². The van der Waals surface area contributed by atoms with Crippen LogP contribution in [0.15, 0.2) is 48.9 Å². The van der Waals surface area contributed by atoms with Crippen LogP contribution in [0.3, 0.4) is 0 Å². The number of aromatic nitrogens is 3. The standard InChI is InChI=1S/C26H28F2N6O2.ClH/c1-16-14-17(6-7-18(16)26(35)31-11-5-3-4-10-29)33-24-25-32-15-20(34(25)13-12-30-24)19-8-9-21(36-2)23(28)22(19)27;/h6-9,12-15H,3-5,10-11,29H2,1-2H3,(H,30,33)(H,31,35);1H. The molecule has 4 N–H and O–H groups in total. The molecule has 196 valence electrons. The molecule has 0 aliphatic rings. The summed E-state index contributed by atoms with van der Waals surface area (Å²) in [6.07, 6.45) is 7.43. The number of ether oxygens (including phenoxy) is 1. The number of halogens is 3. The Morgan fingerprint density at radius 3 is 2.65 bits per heavy atom. The fourth-order valence-corrected chi connectivity index (χ4v) is 3.97. The van der Waals surface area contributed by atoms with E-state index in [0.717, 1.165) is 24.8 Å². The van der Waals surface area contributed by atoms with Crippen LogP contribution in [0.2, 0.25) is 0 Å². The van der Waals surface area contributed by atoms with E-state index in [4.69, 9.17) is 10.5 Å². The van der Waals surface area contributed by atoms with Gasteiger partial charge in [-0.2, -0.15) is 4.39 Å². The van der Waals surface area contributed by atoms with Crippen molar-refractivity contribution in [2.75, 3.05) is 25.5 Å². The molecule has 0 radical (unpaired) electrons. The van der Waals surface area contributed by atoms with Gasteiger partial charge in [0.05, 0.1) is 19.0 Å². The van der Waals surface area contributed by atoms with Crippen molar-refractivity contribution in [2.24, 2.45) is 5.73 Å². The Bertz CT molecular complexity index is 1400. The number of nitrogens with two attached hydrogens (primary N) is 1. The lowest BCUT2D eigenvalue weighted by atomic mass is 10.1. The van der Waals surface area contributed by atoms with Crippen molar-refractivity contribution in [1.82, 2.24) is 19.7 Å². The molecule has 4 aromatic rings. The first-order valence-electron chi connectivity index (χ1n) is 11.6. The summed E-state index contributed by atoms with van der Waals surface area (Å²) in [7, 11) is 1.28. The minimum Gasteiger partial charge on any atom is -0.494 e. The van der Waals surface area contributed by atoms with Gasteiger partial charge in [0, 0.05) is 35.8 Å². The molecule has 8 nitrogen and oxygen atoms in total. The van der Waals surface area contributed by atoms with Crippen molar-refractivity contribution in [2.45, 2.75) is 26.2 Å². The highest BCUT2D eigenvalue weighted by molar-refractivity contribution is 5.96. The molecule has 2 heterocycles. The molecule has 4 rings (SSSR count). The monoisotopic (exact) mass is 530 g/mol. The molecule has 1 amide bonds. The number of anilines is 2. The second-order valence-electron chi connectivity index (χ2n) is 8.32. The second kappa shape index (κ2) is 12.5. The number of aryl methyl sites for hydroxylation is 1. The first kappa shape index (κ1) is 27.8. The molecule has 0 aliphatic carbocycles. The summed E-state index contributed by atoms with van der Waals surface area (Å²) in [6, 6.07) is 8.19. The molecular weight excluding hydrogens is 502 g/mol. The zero-order valence-corrected chi connectivity index (χ0v) is 21.4. The Morgan fingerprint density at radius 1 is 1.11 bits per heavy atom. The van der Waals surface area contributed by atoms with Crippen LogP contribution in [-0.4, -0.2) is 40.5 Å². The number of hydrogen-bond donors (Lipinski definition) is 3. The number of imidazole rings is 1. The summed E-state index contributed by atoms with van der Waals surface area (Å²) in [4.78, 5) is 21.3.